The Morgan fingerprint density at radius 2 is 0.412 bits per heavy atom. The molecule has 0 unspecified atom stereocenters. The van der Waals surface area contributed by atoms with Gasteiger partial charge in [0, 0.05) is 21.7 Å². The standard InChI is InChI=1S/4C4H8.Ti/c4*1-4(2)3;/h4*1H2,2-3H3;. The molecule has 0 atom stereocenters. The van der Waals surface area contributed by atoms with Gasteiger partial charge in [-0.3, -0.25) is 0 Å². The van der Waals surface area contributed by atoms with Gasteiger partial charge < -0.3 is 0 Å². The molecule has 100 valence electrons. The van der Waals surface area contributed by atoms with Crippen molar-refractivity contribution in [2.45, 2.75) is 55.4 Å². The van der Waals surface area contributed by atoms with Crippen LogP contribution in [0.2, 0.25) is 0 Å². The zero-order valence-corrected chi connectivity index (χ0v) is 14.9. The van der Waals surface area contributed by atoms with E-state index in [1.165, 1.54) is 22.3 Å². The zero-order valence-electron chi connectivity index (χ0n) is 13.3. The van der Waals surface area contributed by atoms with E-state index in [4.69, 9.17) is 0 Å². The molecule has 0 aromatic rings. The average molecular weight is 272 g/mol. The summed E-state index contributed by atoms with van der Waals surface area (Å²) in [7, 11) is 0. The average Bonchev–Trinajstić information content (AvgIpc) is 1.76. The molecule has 0 N–H and O–H groups in total. The molecule has 0 aliphatic rings. The molecule has 0 aliphatic carbocycles. The number of hydrogen-bond acceptors (Lipinski definition) is 0. The van der Waals surface area contributed by atoms with Gasteiger partial charge in [0.05, 0.1) is 0 Å². The molecule has 0 spiro atoms. The quantitative estimate of drug-likeness (QED) is 0.357. The normalized spacial score (nSPS) is 6.12. The van der Waals surface area contributed by atoms with E-state index in [1.54, 1.807) is 0 Å². The summed E-state index contributed by atoms with van der Waals surface area (Å²) in [5, 5.41) is 0. The number of rotatable bonds is 0. The smallest absolute Gasteiger partial charge is 0 e. The van der Waals surface area contributed by atoms with E-state index in [2.05, 4.69) is 26.3 Å². The Balaban J connectivity index is -0.0000000369. The van der Waals surface area contributed by atoms with E-state index in [0.29, 0.717) is 0 Å². The van der Waals surface area contributed by atoms with Gasteiger partial charge in [-0.1, -0.05) is 22.3 Å². The first-order chi connectivity index (χ1) is 6.93. The van der Waals surface area contributed by atoms with Crippen molar-refractivity contribution in [3.63, 3.8) is 0 Å². The van der Waals surface area contributed by atoms with Crippen LogP contribution in [-0.2, 0) is 21.7 Å². The van der Waals surface area contributed by atoms with E-state index in [0.717, 1.165) is 0 Å². The zero-order chi connectivity index (χ0) is 14.3. The second-order valence-electron chi connectivity index (χ2n) is 4.83. The Bertz CT molecular complexity index is 146. The summed E-state index contributed by atoms with van der Waals surface area (Å²) in [6, 6.07) is 0. The van der Waals surface area contributed by atoms with Gasteiger partial charge in [0.25, 0.3) is 0 Å². The molecular weight excluding hydrogens is 240 g/mol. The third kappa shape index (κ3) is 27600. The Hall–Kier alpha value is -0.326. The second kappa shape index (κ2) is 24.8. The van der Waals surface area contributed by atoms with Crippen LogP contribution < -0.4 is 0 Å². The van der Waals surface area contributed by atoms with Crippen molar-refractivity contribution in [1.82, 2.24) is 0 Å². The third-order valence-electron chi connectivity index (χ3n) is 0. The third-order valence-corrected chi connectivity index (χ3v) is 0. The maximum absolute atomic E-state index is 3.56. The fourth-order valence-corrected chi connectivity index (χ4v) is 0. The van der Waals surface area contributed by atoms with E-state index in [1.807, 2.05) is 55.4 Å². The maximum atomic E-state index is 3.56. The summed E-state index contributed by atoms with van der Waals surface area (Å²) < 4.78 is 0. The summed E-state index contributed by atoms with van der Waals surface area (Å²) in [6.07, 6.45) is 0. The van der Waals surface area contributed by atoms with Gasteiger partial charge in [-0.05, 0) is 55.4 Å². The van der Waals surface area contributed by atoms with Crippen molar-refractivity contribution in [2.24, 2.45) is 0 Å². The second-order valence-corrected chi connectivity index (χ2v) is 4.83. The molecule has 0 nitrogen and oxygen atoms in total. The Morgan fingerprint density at radius 3 is 0.412 bits per heavy atom. The van der Waals surface area contributed by atoms with E-state index < -0.39 is 0 Å². The molecule has 0 fully saturated rings. The fourth-order valence-electron chi connectivity index (χ4n) is 0. The van der Waals surface area contributed by atoms with Crippen LogP contribution in [0.3, 0.4) is 0 Å². The van der Waals surface area contributed by atoms with Crippen LogP contribution in [-0.4, -0.2) is 0 Å². The monoisotopic (exact) mass is 272 g/mol. The molecule has 0 amide bonds. The Kier molecular flexibility index (Phi) is 43.8. The van der Waals surface area contributed by atoms with E-state index >= 15 is 0 Å². The number of hydrogen-bond donors (Lipinski definition) is 0. The Morgan fingerprint density at radius 1 is 0.412 bits per heavy atom. The molecule has 0 saturated carbocycles. The van der Waals surface area contributed by atoms with Gasteiger partial charge in [0.15, 0.2) is 0 Å². The molecule has 0 bridgehead atoms. The number of allylic oxidation sites excluding steroid dienone is 4. The van der Waals surface area contributed by atoms with Crippen LogP contribution in [0.15, 0.2) is 48.6 Å². The van der Waals surface area contributed by atoms with Gasteiger partial charge in [0.1, 0.15) is 0 Å². The minimum Gasteiger partial charge on any atom is -0.100 e. The molecule has 0 aromatic carbocycles. The van der Waals surface area contributed by atoms with Crippen LogP contribution >= 0.6 is 0 Å². The topological polar surface area (TPSA) is 0 Å². The summed E-state index contributed by atoms with van der Waals surface area (Å²) in [6.45, 7) is 30.0. The molecule has 0 heterocycles. The first kappa shape index (κ1) is 30.1. The predicted molar refractivity (Wildman–Crippen MR) is 82.0 cm³/mol. The molecule has 0 saturated heterocycles. The van der Waals surface area contributed by atoms with E-state index in [9.17, 15) is 0 Å². The first-order valence-electron chi connectivity index (χ1n) is 5.41. The van der Waals surface area contributed by atoms with Crippen molar-refractivity contribution in [3.8, 4) is 0 Å². The predicted octanol–water partition coefficient (Wildman–Crippen LogP) is 6.33. The van der Waals surface area contributed by atoms with Crippen molar-refractivity contribution in [2.75, 3.05) is 0 Å². The fraction of sp³-hybridized carbons (Fsp3) is 0.500. The van der Waals surface area contributed by atoms with Gasteiger partial charge in [-0.15, -0.1) is 26.3 Å². The van der Waals surface area contributed by atoms with Gasteiger partial charge in [0.2, 0.25) is 0 Å². The van der Waals surface area contributed by atoms with E-state index in [-0.39, 0.29) is 21.7 Å². The van der Waals surface area contributed by atoms with Crippen molar-refractivity contribution in [1.29, 1.82) is 0 Å². The van der Waals surface area contributed by atoms with Crippen LogP contribution in [0.1, 0.15) is 55.4 Å². The minimum atomic E-state index is 0. The maximum Gasteiger partial charge on any atom is 0 e. The molecule has 0 rings (SSSR count). The Labute approximate surface area is 125 Å². The SMILES string of the molecule is C=C(C)C.C=C(C)C.C=C(C)C.C=C(C)C.[Ti]. The molecule has 0 aromatic heterocycles. The molecular formula is C16H32Ti. The van der Waals surface area contributed by atoms with Crippen molar-refractivity contribution in [3.05, 3.63) is 48.6 Å². The van der Waals surface area contributed by atoms with Gasteiger partial charge in [-0.2, -0.15) is 0 Å². The van der Waals surface area contributed by atoms with Crippen LogP contribution in [0, 0.1) is 0 Å². The summed E-state index contributed by atoms with van der Waals surface area (Å²) in [5.41, 5.74) is 4.67. The van der Waals surface area contributed by atoms with Crippen molar-refractivity contribution < 1.29 is 21.7 Å². The van der Waals surface area contributed by atoms with Gasteiger partial charge in [-0.25, -0.2) is 0 Å². The molecule has 0 radical (unpaired) electrons. The molecule has 1 heteroatoms. The van der Waals surface area contributed by atoms with Gasteiger partial charge >= 0.3 is 0 Å². The van der Waals surface area contributed by atoms with Crippen LogP contribution in [0.5, 0.6) is 0 Å². The first-order valence-corrected chi connectivity index (χ1v) is 5.41. The largest absolute Gasteiger partial charge is 0.100 e. The summed E-state index contributed by atoms with van der Waals surface area (Å²) in [5.74, 6) is 0. The molecule has 0 aliphatic heterocycles. The van der Waals surface area contributed by atoms with Crippen molar-refractivity contribution >= 4 is 0 Å². The summed E-state index contributed by atoms with van der Waals surface area (Å²) in [4.78, 5) is 0. The summed E-state index contributed by atoms with van der Waals surface area (Å²) >= 11 is 0. The minimum absolute atomic E-state index is 0. The van der Waals surface area contributed by atoms with Crippen LogP contribution in [0.4, 0.5) is 0 Å². The van der Waals surface area contributed by atoms with Crippen LogP contribution in [0.25, 0.3) is 0 Å². The molecule has 17 heavy (non-hydrogen) atoms.